The molecule has 2 aromatic rings. The number of para-hydroxylation sites is 1. The van der Waals surface area contributed by atoms with Gasteiger partial charge in [-0.25, -0.2) is 4.79 Å². The number of benzene rings is 2. The fraction of sp³-hybridized carbons (Fsp3) is 0.235. The van der Waals surface area contributed by atoms with Crippen LogP contribution in [0.5, 0.6) is 11.5 Å². The van der Waals surface area contributed by atoms with Gasteiger partial charge in [-0.05, 0) is 42.8 Å². The molecule has 0 saturated heterocycles. The fourth-order valence-corrected chi connectivity index (χ4v) is 1.92. The second-order valence-electron chi connectivity index (χ2n) is 4.65. The summed E-state index contributed by atoms with van der Waals surface area (Å²) in [5.74, 6) is 0.603. The Balaban J connectivity index is 1.74. The summed E-state index contributed by atoms with van der Waals surface area (Å²) in [5, 5.41) is 8.95. The minimum absolute atomic E-state index is 0.301. The lowest BCUT2D eigenvalue weighted by atomic mass is 10.1. The van der Waals surface area contributed by atoms with Crippen LogP contribution in [0.25, 0.3) is 0 Å². The molecule has 0 radical (unpaired) electrons. The summed E-state index contributed by atoms with van der Waals surface area (Å²) < 4.78 is 11.1. The molecule has 21 heavy (non-hydrogen) atoms. The van der Waals surface area contributed by atoms with Crippen LogP contribution in [0.1, 0.15) is 22.3 Å². The van der Waals surface area contributed by atoms with Gasteiger partial charge in [0.1, 0.15) is 11.5 Å². The summed E-state index contributed by atoms with van der Waals surface area (Å²) in [4.78, 5) is 10.9. The van der Waals surface area contributed by atoms with Gasteiger partial charge < -0.3 is 14.6 Å². The molecule has 0 fully saturated rings. The maximum atomic E-state index is 10.9. The number of ether oxygens (including phenoxy) is 2. The van der Waals surface area contributed by atoms with E-state index in [1.807, 2.05) is 30.3 Å². The van der Waals surface area contributed by atoms with E-state index in [4.69, 9.17) is 14.6 Å². The molecular formula is C17H18O4. The summed E-state index contributed by atoms with van der Waals surface area (Å²) in [6.07, 6.45) is 0.759. The largest absolute Gasteiger partial charge is 0.493 e. The monoisotopic (exact) mass is 286 g/mol. The summed E-state index contributed by atoms with van der Waals surface area (Å²) in [6, 6.07) is 14.6. The molecule has 0 spiro atoms. The SMILES string of the molecule is Cc1cc(OCCCOc2ccccc2)ccc1C(=O)O. The zero-order valence-electron chi connectivity index (χ0n) is 11.9. The maximum absolute atomic E-state index is 10.9. The van der Waals surface area contributed by atoms with Gasteiger partial charge in [-0.15, -0.1) is 0 Å². The molecule has 0 aliphatic carbocycles. The second-order valence-corrected chi connectivity index (χ2v) is 4.65. The number of rotatable bonds is 7. The minimum atomic E-state index is -0.921. The highest BCUT2D eigenvalue weighted by Gasteiger charge is 2.07. The summed E-state index contributed by atoms with van der Waals surface area (Å²) in [6.45, 7) is 2.86. The van der Waals surface area contributed by atoms with E-state index in [9.17, 15) is 4.79 Å². The highest BCUT2D eigenvalue weighted by Crippen LogP contribution is 2.17. The number of aromatic carboxylic acids is 1. The van der Waals surface area contributed by atoms with Crippen LogP contribution in [-0.4, -0.2) is 24.3 Å². The molecule has 0 aromatic heterocycles. The van der Waals surface area contributed by atoms with Gasteiger partial charge in [0.15, 0.2) is 0 Å². The molecule has 1 N–H and O–H groups in total. The van der Waals surface area contributed by atoms with Gasteiger partial charge in [-0.2, -0.15) is 0 Å². The van der Waals surface area contributed by atoms with E-state index in [0.717, 1.165) is 12.2 Å². The van der Waals surface area contributed by atoms with Crippen LogP contribution in [0.15, 0.2) is 48.5 Å². The average Bonchev–Trinajstić information content (AvgIpc) is 2.47. The Morgan fingerprint density at radius 1 is 1.00 bits per heavy atom. The van der Waals surface area contributed by atoms with Crippen molar-refractivity contribution in [1.29, 1.82) is 0 Å². The quantitative estimate of drug-likeness (QED) is 0.791. The molecule has 0 atom stereocenters. The lowest BCUT2D eigenvalue weighted by molar-refractivity contribution is 0.0696. The first-order valence-electron chi connectivity index (χ1n) is 6.81. The van der Waals surface area contributed by atoms with E-state index in [-0.39, 0.29) is 0 Å². The van der Waals surface area contributed by atoms with Crippen LogP contribution >= 0.6 is 0 Å². The number of aryl methyl sites for hydroxylation is 1. The molecule has 4 heteroatoms. The van der Waals surface area contributed by atoms with Crippen molar-refractivity contribution >= 4 is 5.97 Å². The topological polar surface area (TPSA) is 55.8 Å². The van der Waals surface area contributed by atoms with Gasteiger partial charge in [-0.3, -0.25) is 0 Å². The number of carboxylic acid groups (broad SMARTS) is 1. The van der Waals surface area contributed by atoms with E-state index in [1.54, 1.807) is 25.1 Å². The molecular weight excluding hydrogens is 268 g/mol. The molecule has 110 valence electrons. The van der Waals surface area contributed by atoms with Crippen molar-refractivity contribution < 1.29 is 19.4 Å². The van der Waals surface area contributed by atoms with Crippen molar-refractivity contribution in [1.82, 2.24) is 0 Å². The van der Waals surface area contributed by atoms with Crippen molar-refractivity contribution in [3.05, 3.63) is 59.7 Å². The van der Waals surface area contributed by atoms with Gasteiger partial charge in [0.2, 0.25) is 0 Å². The van der Waals surface area contributed by atoms with Crippen LogP contribution in [0.2, 0.25) is 0 Å². The zero-order valence-corrected chi connectivity index (χ0v) is 11.9. The standard InChI is InChI=1S/C17H18O4/c1-13-12-15(8-9-16(13)17(18)19)21-11-5-10-20-14-6-3-2-4-7-14/h2-4,6-9,12H,5,10-11H2,1H3,(H,18,19). The lowest BCUT2D eigenvalue weighted by Crippen LogP contribution is -2.06. The smallest absolute Gasteiger partial charge is 0.335 e. The number of hydrogen-bond acceptors (Lipinski definition) is 3. The number of carboxylic acids is 1. The Morgan fingerprint density at radius 2 is 1.67 bits per heavy atom. The van der Waals surface area contributed by atoms with Crippen molar-refractivity contribution in [3.63, 3.8) is 0 Å². The second kappa shape index (κ2) is 7.33. The molecule has 0 heterocycles. The first-order valence-corrected chi connectivity index (χ1v) is 6.81. The first-order chi connectivity index (χ1) is 10.2. The summed E-state index contributed by atoms with van der Waals surface area (Å²) in [5.41, 5.74) is 0.996. The predicted octanol–water partition coefficient (Wildman–Crippen LogP) is 3.54. The van der Waals surface area contributed by atoms with E-state index in [0.29, 0.717) is 30.1 Å². The van der Waals surface area contributed by atoms with E-state index in [1.165, 1.54) is 0 Å². The van der Waals surface area contributed by atoms with Crippen LogP contribution < -0.4 is 9.47 Å². The summed E-state index contributed by atoms with van der Waals surface area (Å²) in [7, 11) is 0. The van der Waals surface area contributed by atoms with Crippen molar-refractivity contribution in [3.8, 4) is 11.5 Å². The van der Waals surface area contributed by atoms with E-state index < -0.39 is 5.97 Å². The molecule has 4 nitrogen and oxygen atoms in total. The molecule has 2 rings (SSSR count). The van der Waals surface area contributed by atoms with Crippen LogP contribution in [0.4, 0.5) is 0 Å². The Hall–Kier alpha value is -2.49. The lowest BCUT2D eigenvalue weighted by Gasteiger charge is -2.09. The Labute approximate surface area is 123 Å². The van der Waals surface area contributed by atoms with Gasteiger partial charge in [0.05, 0.1) is 18.8 Å². The third-order valence-corrected chi connectivity index (χ3v) is 3.00. The summed E-state index contributed by atoms with van der Waals surface area (Å²) >= 11 is 0. The molecule has 2 aromatic carbocycles. The third-order valence-electron chi connectivity index (χ3n) is 3.00. The highest BCUT2D eigenvalue weighted by atomic mass is 16.5. The Kier molecular flexibility index (Phi) is 5.21. The highest BCUT2D eigenvalue weighted by molar-refractivity contribution is 5.89. The van der Waals surface area contributed by atoms with Crippen LogP contribution in [0.3, 0.4) is 0 Å². The van der Waals surface area contributed by atoms with E-state index in [2.05, 4.69) is 0 Å². The fourth-order valence-electron chi connectivity index (χ4n) is 1.92. The van der Waals surface area contributed by atoms with Gasteiger partial charge in [-0.1, -0.05) is 18.2 Å². The van der Waals surface area contributed by atoms with Crippen LogP contribution in [-0.2, 0) is 0 Å². The van der Waals surface area contributed by atoms with Crippen molar-refractivity contribution in [2.45, 2.75) is 13.3 Å². The predicted molar refractivity (Wildman–Crippen MR) is 80.2 cm³/mol. The first kappa shape index (κ1) is 14.9. The van der Waals surface area contributed by atoms with Crippen molar-refractivity contribution in [2.75, 3.05) is 13.2 Å². The zero-order chi connectivity index (χ0) is 15.1. The Morgan fingerprint density at radius 3 is 2.29 bits per heavy atom. The van der Waals surface area contributed by atoms with Gasteiger partial charge in [0.25, 0.3) is 0 Å². The average molecular weight is 286 g/mol. The molecule has 0 saturated carbocycles. The van der Waals surface area contributed by atoms with E-state index >= 15 is 0 Å². The molecule has 0 bridgehead atoms. The number of hydrogen-bond donors (Lipinski definition) is 1. The van der Waals surface area contributed by atoms with Crippen molar-refractivity contribution in [2.24, 2.45) is 0 Å². The van der Waals surface area contributed by atoms with Gasteiger partial charge in [0, 0.05) is 6.42 Å². The van der Waals surface area contributed by atoms with Crippen LogP contribution in [0, 0.1) is 6.92 Å². The molecule has 0 amide bonds. The van der Waals surface area contributed by atoms with Gasteiger partial charge >= 0.3 is 5.97 Å². The molecule has 0 aliphatic rings. The molecule has 0 unspecified atom stereocenters. The minimum Gasteiger partial charge on any atom is -0.493 e. The number of carbonyl (C=O) groups is 1. The Bertz CT molecular complexity index is 593. The maximum Gasteiger partial charge on any atom is 0.335 e. The normalized spacial score (nSPS) is 10.1. The third kappa shape index (κ3) is 4.53. The molecule has 0 aliphatic heterocycles.